The van der Waals surface area contributed by atoms with Gasteiger partial charge < -0.3 is 24.8 Å². The van der Waals surface area contributed by atoms with Crippen LogP contribution in [0.3, 0.4) is 0 Å². The first kappa shape index (κ1) is 25.9. The van der Waals surface area contributed by atoms with Crippen LogP contribution in [-0.4, -0.2) is 95.7 Å². The van der Waals surface area contributed by atoms with Crippen LogP contribution in [-0.2, 0) is 14.3 Å². The van der Waals surface area contributed by atoms with Gasteiger partial charge in [-0.3, -0.25) is 9.89 Å². The highest BCUT2D eigenvalue weighted by Gasteiger charge is 2.71. The van der Waals surface area contributed by atoms with E-state index < -0.39 is 22.7 Å². The van der Waals surface area contributed by atoms with Gasteiger partial charge in [-0.05, 0) is 74.7 Å². The molecule has 4 aliphatic carbocycles. The second-order valence-corrected chi connectivity index (χ2v) is 13.0. The molecule has 6 aliphatic rings. The molecular formula is C29H44N2O6. The number of esters is 1. The zero-order chi connectivity index (χ0) is 25.9. The third kappa shape index (κ3) is 3.96. The molecule has 5 fully saturated rings. The van der Waals surface area contributed by atoms with Crippen molar-refractivity contribution in [2.75, 3.05) is 46.0 Å². The second kappa shape index (κ2) is 9.40. The molecule has 0 spiro atoms. The number of carbonyl (C=O) groups is 1. The fourth-order valence-corrected chi connectivity index (χ4v) is 9.61. The van der Waals surface area contributed by atoms with Crippen molar-refractivity contribution in [3.05, 3.63) is 11.6 Å². The minimum absolute atomic E-state index is 0.0658. The van der Waals surface area contributed by atoms with Gasteiger partial charge in [0.1, 0.15) is 6.61 Å². The molecule has 6 rings (SSSR count). The van der Waals surface area contributed by atoms with Gasteiger partial charge in [0.25, 0.3) is 0 Å². The SMILES string of the molecule is C[C@@]12CC[C@@H]3[C@H](CC[C@]4(O)C[C@H](O)CC[C@]34C=NCCN3CCOCC3)[C@@]1(O)CC[C@H]2C1=CC(=O)OC1. The molecule has 0 bridgehead atoms. The van der Waals surface area contributed by atoms with E-state index in [-0.39, 0.29) is 29.1 Å². The van der Waals surface area contributed by atoms with Crippen LogP contribution in [0.15, 0.2) is 16.6 Å². The van der Waals surface area contributed by atoms with Crippen molar-refractivity contribution in [3.8, 4) is 0 Å². The first-order valence-corrected chi connectivity index (χ1v) is 14.5. The summed E-state index contributed by atoms with van der Waals surface area (Å²) < 4.78 is 10.7. The van der Waals surface area contributed by atoms with Gasteiger partial charge in [0.2, 0.25) is 0 Å². The molecule has 2 heterocycles. The van der Waals surface area contributed by atoms with E-state index in [0.29, 0.717) is 45.3 Å². The second-order valence-electron chi connectivity index (χ2n) is 13.0. The van der Waals surface area contributed by atoms with Crippen LogP contribution >= 0.6 is 0 Å². The number of ether oxygens (including phenoxy) is 2. The molecule has 0 aromatic carbocycles. The van der Waals surface area contributed by atoms with E-state index in [1.54, 1.807) is 6.08 Å². The minimum atomic E-state index is -0.995. The number of nitrogens with zero attached hydrogens (tertiary/aromatic N) is 2. The Kier molecular flexibility index (Phi) is 6.59. The molecule has 37 heavy (non-hydrogen) atoms. The molecule has 206 valence electrons. The van der Waals surface area contributed by atoms with Crippen molar-refractivity contribution in [2.45, 2.75) is 82.0 Å². The average molecular weight is 517 g/mol. The zero-order valence-corrected chi connectivity index (χ0v) is 22.2. The monoisotopic (exact) mass is 516 g/mol. The molecule has 0 unspecified atom stereocenters. The van der Waals surface area contributed by atoms with Crippen molar-refractivity contribution in [2.24, 2.45) is 33.6 Å². The molecule has 0 aromatic heterocycles. The molecule has 8 heteroatoms. The number of aliphatic hydroxyl groups excluding tert-OH is 1. The molecule has 1 saturated heterocycles. The molecular weight excluding hydrogens is 472 g/mol. The Morgan fingerprint density at radius 3 is 2.62 bits per heavy atom. The van der Waals surface area contributed by atoms with Crippen LogP contribution < -0.4 is 0 Å². The highest BCUT2D eigenvalue weighted by molar-refractivity contribution is 5.85. The van der Waals surface area contributed by atoms with Gasteiger partial charge in [0.15, 0.2) is 0 Å². The van der Waals surface area contributed by atoms with Crippen LogP contribution in [0.5, 0.6) is 0 Å². The lowest BCUT2D eigenvalue weighted by atomic mass is 9.41. The number of fused-ring (bicyclic) bond motifs is 5. The number of aliphatic hydroxyl groups is 3. The summed E-state index contributed by atoms with van der Waals surface area (Å²) in [6, 6.07) is 0. The summed E-state index contributed by atoms with van der Waals surface area (Å²) >= 11 is 0. The number of morpholine rings is 1. The fourth-order valence-electron chi connectivity index (χ4n) is 9.61. The molecule has 4 saturated carbocycles. The van der Waals surface area contributed by atoms with E-state index in [1.165, 1.54) is 0 Å². The van der Waals surface area contributed by atoms with Crippen molar-refractivity contribution in [1.29, 1.82) is 0 Å². The van der Waals surface area contributed by atoms with Gasteiger partial charge in [0.05, 0.1) is 37.1 Å². The largest absolute Gasteiger partial charge is 0.458 e. The number of aliphatic imine (C=N–C) groups is 1. The van der Waals surface area contributed by atoms with Crippen LogP contribution in [0.1, 0.15) is 64.7 Å². The predicted molar refractivity (Wildman–Crippen MR) is 138 cm³/mol. The van der Waals surface area contributed by atoms with Crippen LogP contribution in [0.2, 0.25) is 0 Å². The Morgan fingerprint density at radius 2 is 1.86 bits per heavy atom. The first-order chi connectivity index (χ1) is 17.7. The van der Waals surface area contributed by atoms with E-state index in [2.05, 4.69) is 18.0 Å². The zero-order valence-electron chi connectivity index (χ0n) is 22.2. The van der Waals surface area contributed by atoms with E-state index in [4.69, 9.17) is 14.5 Å². The summed E-state index contributed by atoms with van der Waals surface area (Å²) in [6.45, 7) is 7.53. The molecule has 8 nitrogen and oxygen atoms in total. The number of hydrogen-bond acceptors (Lipinski definition) is 8. The highest BCUT2D eigenvalue weighted by atomic mass is 16.5. The van der Waals surface area contributed by atoms with Gasteiger partial charge in [-0.2, -0.15) is 0 Å². The summed E-state index contributed by atoms with van der Waals surface area (Å²) in [4.78, 5) is 19.2. The summed E-state index contributed by atoms with van der Waals surface area (Å²) in [5.41, 5.74) is -1.65. The molecule has 0 amide bonds. The van der Waals surface area contributed by atoms with Gasteiger partial charge in [-0.15, -0.1) is 0 Å². The number of rotatable bonds is 5. The Bertz CT molecular complexity index is 964. The number of cyclic esters (lactones) is 1. The predicted octanol–water partition coefficient (Wildman–Crippen LogP) is 2.10. The van der Waals surface area contributed by atoms with Gasteiger partial charge in [-0.25, -0.2) is 4.79 Å². The van der Waals surface area contributed by atoms with Crippen molar-refractivity contribution in [3.63, 3.8) is 0 Å². The van der Waals surface area contributed by atoms with Crippen LogP contribution in [0.25, 0.3) is 0 Å². The molecule has 8 atom stereocenters. The summed E-state index contributed by atoms with van der Waals surface area (Å²) in [5, 5.41) is 35.2. The summed E-state index contributed by atoms with van der Waals surface area (Å²) in [7, 11) is 0. The number of carbonyl (C=O) groups excluding carboxylic acids is 1. The standard InChI is InChI=1S/C29H44N2O6/c1-26-6-3-23-24(29(26,35)9-5-22(26)20-16-25(33)37-18-20)4-8-28(34)17-21(32)2-7-27(23,28)19-30-10-11-31-12-14-36-15-13-31/h16,19,21-24,32,34-35H,2-15,17-18H2,1H3/t21-,22+,23-,24+,26+,27+,28+,29+/m1/s1. The van der Waals surface area contributed by atoms with E-state index >= 15 is 0 Å². The Labute approximate surface area is 220 Å². The van der Waals surface area contributed by atoms with Gasteiger partial charge in [-0.1, -0.05) is 6.92 Å². The summed E-state index contributed by atoms with van der Waals surface area (Å²) in [5.74, 6) is 0.0738. The van der Waals surface area contributed by atoms with Crippen molar-refractivity contribution < 1.29 is 29.6 Å². The Morgan fingerprint density at radius 1 is 1.08 bits per heavy atom. The lowest BCUT2D eigenvalue weighted by molar-refractivity contribution is -0.237. The maximum absolute atomic E-state index is 12.5. The Balaban J connectivity index is 1.28. The summed E-state index contributed by atoms with van der Waals surface area (Å²) in [6.07, 6.45) is 9.65. The maximum Gasteiger partial charge on any atom is 0.331 e. The van der Waals surface area contributed by atoms with Gasteiger partial charge >= 0.3 is 5.97 Å². The van der Waals surface area contributed by atoms with Crippen LogP contribution in [0, 0.1) is 28.6 Å². The van der Waals surface area contributed by atoms with Gasteiger partial charge in [0, 0.05) is 49.2 Å². The smallest absolute Gasteiger partial charge is 0.331 e. The minimum Gasteiger partial charge on any atom is -0.458 e. The number of hydrogen-bond donors (Lipinski definition) is 3. The van der Waals surface area contributed by atoms with E-state index in [0.717, 1.165) is 64.1 Å². The van der Waals surface area contributed by atoms with Crippen molar-refractivity contribution in [1.82, 2.24) is 4.90 Å². The third-order valence-electron chi connectivity index (χ3n) is 11.6. The molecule has 2 aliphatic heterocycles. The lowest BCUT2D eigenvalue weighted by Crippen LogP contribution is -2.68. The highest BCUT2D eigenvalue weighted by Crippen LogP contribution is 2.70. The van der Waals surface area contributed by atoms with Crippen LogP contribution in [0.4, 0.5) is 0 Å². The van der Waals surface area contributed by atoms with E-state index in [9.17, 15) is 20.1 Å². The maximum atomic E-state index is 12.5. The molecule has 3 N–H and O–H groups in total. The molecule has 0 radical (unpaired) electrons. The van der Waals surface area contributed by atoms with Crippen molar-refractivity contribution >= 4 is 12.2 Å². The van der Waals surface area contributed by atoms with E-state index in [1.807, 2.05) is 0 Å². The normalized spacial score (nSPS) is 48.3. The quantitative estimate of drug-likeness (QED) is 0.379. The Hall–Kier alpha value is -1.32. The lowest BCUT2D eigenvalue weighted by Gasteiger charge is -2.65. The topological polar surface area (TPSA) is 112 Å². The average Bonchev–Trinajstić information content (AvgIpc) is 3.42. The first-order valence-electron chi connectivity index (χ1n) is 14.5. The third-order valence-corrected chi connectivity index (χ3v) is 11.6. The fraction of sp³-hybridized carbons (Fsp3) is 0.862. The molecule has 0 aromatic rings.